The molecule has 0 aliphatic carbocycles. The predicted molar refractivity (Wildman–Crippen MR) is 125 cm³/mol. The molecule has 1 aliphatic rings. The highest BCUT2D eigenvalue weighted by molar-refractivity contribution is 7.80. The third kappa shape index (κ3) is 3.80. The van der Waals surface area contributed by atoms with Gasteiger partial charge in [-0.2, -0.15) is 0 Å². The van der Waals surface area contributed by atoms with Crippen molar-refractivity contribution in [2.75, 3.05) is 4.90 Å². The van der Waals surface area contributed by atoms with Crippen molar-refractivity contribution in [1.82, 2.24) is 14.9 Å². The molecule has 4 rings (SSSR count). The number of hydrogen-bond donors (Lipinski definition) is 1. The van der Waals surface area contributed by atoms with Crippen LogP contribution < -0.4 is 10.2 Å². The Kier molecular flexibility index (Phi) is 5.52. The summed E-state index contributed by atoms with van der Waals surface area (Å²) < 4.78 is 2.04. The Morgan fingerprint density at radius 2 is 1.84 bits per heavy atom. The minimum absolute atomic E-state index is 0.0413. The molecule has 1 aliphatic heterocycles. The molecule has 0 spiro atoms. The summed E-state index contributed by atoms with van der Waals surface area (Å²) in [5.41, 5.74) is 5.41. The molecule has 1 N–H and O–H groups in total. The van der Waals surface area contributed by atoms with Crippen LogP contribution in [0.1, 0.15) is 29.4 Å². The van der Waals surface area contributed by atoms with Crippen molar-refractivity contribution in [3.05, 3.63) is 82.9 Å². The van der Waals surface area contributed by atoms with E-state index >= 15 is 0 Å². The maximum Gasteiger partial charge on any atom is 0.270 e. The maximum atomic E-state index is 13.3. The van der Waals surface area contributed by atoms with E-state index in [1.54, 1.807) is 18.5 Å². The van der Waals surface area contributed by atoms with E-state index in [2.05, 4.69) is 17.2 Å². The SMILES string of the molecule is CCc1ccc(N2C(=O)C(=Cc3cc(C)n(-c4cccnc4)c3C)C(=O)NC2=S)cc1. The Morgan fingerprint density at radius 3 is 2.48 bits per heavy atom. The van der Waals surface area contributed by atoms with Crippen LogP contribution in [0.15, 0.2) is 60.4 Å². The highest BCUT2D eigenvalue weighted by atomic mass is 32.1. The third-order valence-corrected chi connectivity index (χ3v) is 5.66. The van der Waals surface area contributed by atoms with Gasteiger partial charge in [0.25, 0.3) is 11.8 Å². The van der Waals surface area contributed by atoms with Crippen molar-refractivity contribution in [3.63, 3.8) is 0 Å². The Balaban J connectivity index is 1.74. The molecule has 0 bridgehead atoms. The number of thiocarbonyl (C=S) groups is 1. The van der Waals surface area contributed by atoms with Crippen LogP contribution in [0, 0.1) is 13.8 Å². The zero-order valence-electron chi connectivity index (χ0n) is 17.5. The molecule has 156 valence electrons. The van der Waals surface area contributed by atoms with Crippen LogP contribution in [-0.2, 0) is 16.0 Å². The maximum absolute atomic E-state index is 13.3. The molecule has 6 nitrogen and oxygen atoms in total. The van der Waals surface area contributed by atoms with Gasteiger partial charge < -0.3 is 4.57 Å². The fourth-order valence-corrected chi connectivity index (χ4v) is 4.03. The van der Waals surface area contributed by atoms with Gasteiger partial charge in [0.1, 0.15) is 5.57 Å². The Bertz CT molecular complexity index is 1210. The number of nitrogens with one attached hydrogen (secondary N) is 1. The lowest BCUT2D eigenvalue weighted by molar-refractivity contribution is -0.122. The molecule has 1 fully saturated rings. The molecular formula is C24H22N4O2S. The van der Waals surface area contributed by atoms with E-state index in [9.17, 15) is 9.59 Å². The third-order valence-electron chi connectivity index (χ3n) is 5.38. The Morgan fingerprint density at radius 1 is 1.10 bits per heavy atom. The number of rotatable bonds is 4. The minimum Gasteiger partial charge on any atom is -0.316 e. The number of anilines is 1. The number of hydrogen-bond acceptors (Lipinski definition) is 4. The average Bonchev–Trinajstić information content (AvgIpc) is 3.05. The highest BCUT2D eigenvalue weighted by Gasteiger charge is 2.34. The van der Waals surface area contributed by atoms with Crippen LogP contribution >= 0.6 is 12.2 Å². The summed E-state index contributed by atoms with van der Waals surface area (Å²) in [5, 5.41) is 2.72. The molecule has 3 aromatic rings. The lowest BCUT2D eigenvalue weighted by Gasteiger charge is -2.29. The summed E-state index contributed by atoms with van der Waals surface area (Å²) in [5.74, 6) is -0.938. The lowest BCUT2D eigenvalue weighted by atomic mass is 10.1. The number of aryl methyl sites for hydroxylation is 2. The number of carbonyl (C=O) groups is 2. The molecule has 0 atom stereocenters. The van der Waals surface area contributed by atoms with E-state index in [0.29, 0.717) is 5.69 Å². The van der Waals surface area contributed by atoms with Gasteiger partial charge in [-0.05, 0) is 80.0 Å². The highest BCUT2D eigenvalue weighted by Crippen LogP contribution is 2.26. The van der Waals surface area contributed by atoms with Gasteiger partial charge >= 0.3 is 0 Å². The molecular weight excluding hydrogens is 408 g/mol. The topological polar surface area (TPSA) is 67.2 Å². The first kappa shape index (κ1) is 20.7. The Hall–Kier alpha value is -3.58. The predicted octanol–water partition coefficient (Wildman–Crippen LogP) is 3.88. The van der Waals surface area contributed by atoms with E-state index in [1.807, 2.05) is 60.9 Å². The fraction of sp³-hybridized carbons (Fsp3) is 0.167. The van der Waals surface area contributed by atoms with Gasteiger partial charge in [-0.25, -0.2) is 0 Å². The Labute approximate surface area is 186 Å². The summed E-state index contributed by atoms with van der Waals surface area (Å²) in [4.78, 5) is 31.5. The monoisotopic (exact) mass is 430 g/mol. The minimum atomic E-state index is -0.498. The van der Waals surface area contributed by atoms with E-state index in [4.69, 9.17) is 12.2 Å². The second-order valence-corrected chi connectivity index (χ2v) is 7.74. The molecule has 2 aromatic heterocycles. The van der Waals surface area contributed by atoms with Gasteiger partial charge in [0.2, 0.25) is 0 Å². The largest absolute Gasteiger partial charge is 0.316 e. The number of carbonyl (C=O) groups excluding carboxylic acids is 2. The average molecular weight is 431 g/mol. The number of benzene rings is 1. The van der Waals surface area contributed by atoms with Crippen molar-refractivity contribution in [3.8, 4) is 5.69 Å². The standard InChI is InChI=1S/C24H22N4O2S/c1-4-17-7-9-19(10-8-17)28-23(30)21(22(29)26-24(28)31)13-18-12-15(2)27(16(18)3)20-6-5-11-25-14-20/h5-14H,4H2,1-3H3,(H,26,29,31). The lowest BCUT2D eigenvalue weighted by Crippen LogP contribution is -2.54. The van der Waals surface area contributed by atoms with Crippen molar-refractivity contribution in [2.45, 2.75) is 27.2 Å². The van der Waals surface area contributed by atoms with Crippen LogP contribution in [0.25, 0.3) is 11.8 Å². The summed E-state index contributed by atoms with van der Waals surface area (Å²) >= 11 is 5.29. The normalized spacial score (nSPS) is 15.5. The first-order valence-corrected chi connectivity index (χ1v) is 10.4. The van der Waals surface area contributed by atoms with E-state index < -0.39 is 11.8 Å². The zero-order valence-corrected chi connectivity index (χ0v) is 18.4. The molecule has 7 heteroatoms. The van der Waals surface area contributed by atoms with E-state index in [0.717, 1.165) is 34.6 Å². The van der Waals surface area contributed by atoms with Gasteiger partial charge in [0, 0.05) is 17.6 Å². The quantitative estimate of drug-likeness (QED) is 0.388. The molecule has 1 saturated heterocycles. The summed E-state index contributed by atoms with van der Waals surface area (Å²) in [6.07, 6.45) is 6.01. The molecule has 31 heavy (non-hydrogen) atoms. The molecule has 3 heterocycles. The van der Waals surface area contributed by atoms with Crippen LogP contribution in [-0.4, -0.2) is 26.5 Å². The smallest absolute Gasteiger partial charge is 0.270 e. The number of pyridine rings is 1. The van der Waals surface area contributed by atoms with Crippen molar-refractivity contribution in [1.29, 1.82) is 0 Å². The van der Waals surface area contributed by atoms with Gasteiger partial charge in [0.15, 0.2) is 5.11 Å². The van der Waals surface area contributed by atoms with E-state index in [-0.39, 0.29) is 10.7 Å². The summed E-state index contributed by atoms with van der Waals surface area (Å²) in [6, 6.07) is 13.4. The zero-order chi connectivity index (χ0) is 22.1. The molecule has 0 unspecified atom stereocenters. The van der Waals surface area contributed by atoms with Crippen LogP contribution in [0.4, 0.5) is 5.69 Å². The first-order valence-electron chi connectivity index (χ1n) is 10.0. The second-order valence-electron chi connectivity index (χ2n) is 7.35. The second kappa shape index (κ2) is 8.28. The van der Waals surface area contributed by atoms with E-state index in [1.165, 1.54) is 4.90 Å². The fourth-order valence-electron chi connectivity index (χ4n) is 3.75. The molecule has 0 radical (unpaired) electrons. The number of nitrogens with zero attached hydrogens (tertiary/aromatic N) is 3. The van der Waals surface area contributed by atoms with Crippen LogP contribution in [0.5, 0.6) is 0 Å². The molecule has 0 saturated carbocycles. The molecule has 1 aromatic carbocycles. The summed E-state index contributed by atoms with van der Waals surface area (Å²) in [6.45, 7) is 5.99. The van der Waals surface area contributed by atoms with Crippen LogP contribution in [0.3, 0.4) is 0 Å². The van der Waals surface area contributed by atoms with Gasteiger partial charge in [-0.3, -0.25) is 24.8 Å². The molecule has 2 amide bonds. The van der Waals surface area contributed by atoms with Crippen molar-refractivity contribution < 1.29 is 9.59 Å². The van der Waals surface area contributed by atoms with Crippen LogP contribution in [0.2, 0.25) is 0 Å². The van der Waals surface area contributed by atoms with Crippen molar-refractivity contribution in [2.24, 2.45) is 0 Å². The van der Waals surface area contributed by atoms with Gasteiger partial charge in [-0.15, -0.1) is 0 Å². The van der Waals surface area contributed by atoms with Crippen molar-refractivity contribution >= 4 is 40.9 Å². The van der Waals surface area contributed by atoms with Gasteiger partial charge in [0.05, 0.1) is 17.6 Å². The first-order chi connectivity index (χ1) is 14.9. The number of aromatic nitrogens is 2. The number of amides is 2. The van der Waals surface area contributed by atoms with Gasteiger partial charge in [-0.1, -0.05) is 19.1 Å². The summed E-state index contributed by atoms with van der Waals surface area (Å²) in [7, 11) is 0.